The Bertz CT molecular complexity index is 496. The van der Waals surface area contributed by atoms with Gasteiger partial charge >= 0.3 is 5.97 Å². The van der Waals surface area contributed by atoms with Crippen molar-refractivity contribution >= 4 is 17.0 Å². The first-order valence-corrected chi connectivity index (χ1v) is 7.72. The quantitative estimate of drug-likeness (QED) is 0.878. The number of rotatable bonds is 5. The third-order valence-electron chi connectivity index (χ3n) is 3.47. The topological polar surface area (TPSA) is 66.4 Å². The van der Waals surface area contributed by atoms with Gasteiger partial charge in [-0.1, -0.05) is 30.3 Å². The Morgan fingerprint density at radius 1 is 1.20 bits per heavy atom. The summed E-state index contributed by atoms with van der Waals surface area (Å²) in [5.74, 6) is -1.63. The van der Waals surface area contributed by atoms with Gasteiger partial charge in [0.05, 0.1) is 27.2 Å². The van der Waals surface area contributed by atoms with Gasteiger partial charge in [-0.05, 0) is 40.2 Å². The molecule has 112 valence electrons. The molecule has 1 aromatic carbocycles. The Kier molecular flexibility index (Phi) is 5.10. The van der Waals surface area contributed by atoms with E-state index < -0.39 is 33.2 Å². The summed E-state index contributed by atoms with van der Waals surface area (Å²) >= 11 is 0. The smallest absolute Gasteiger partial charge is 0.308 e. The van der Waals surface area contributed by atoms with Crippen LogP contribution in [-0.4, -0.2) is 20.0 Å². The van der Waals surface area contributed by atoms with Crippen LogP contribution in [0.15, 0.2) is 30.3 Å². The Morgan fingerprint density at radius 2 is 1.70 bits per heavy atom. The number of hydrogen-bond acceptors (Lipinski definition) is 2. The van der Waals surface area contributed by atoms with Crippen LogP contribution in [0.5, 0.6) is 0 Å². The zero-order chi connectivity index (χ0) is 15.6. The predicted molar refractivity (Wildman–Crippen MR) is 81.6 cm³/mol. The Morgan fingerprint density at radius 3 is 2.10 bits per heavy atom. The van der Waals surface area contributed by atoms with Crippen molar-refractivity contribution in [3.63, 3.8) is 0 Å². The molecule has 3 unspecified atom stereocenters. The maximum absolute atomic E-state index is 12.4. The summed E-state index contributed by atoms with van der Waals surface area (Å²) in [5.41, 5.74) is -0.0851. The summed E-state index contributed by atoms with van der Waals surface area (Å²) in [6.07, 6.45) is 0. The minimum Gasteiger partial charge on any atom is -0.481 e. The largest absolute Gasteiger partial charge is 0.481 e. The number of nitrogens with one attached hydrogen (secondary N) is 1. The molecule has 5 heteroatoms. The molecule has 3 atom stereocenters. The van der Waals surface area contributed by atoms with Crippen molar-refractivity contribution in [2.75, 3.05) is 0 Å². The number of hydrogen-bond donors (Lipinski definition) is 2. The lowest BCUT2D eigenvalue weighted by Crippen LogP contribution is -2.51. The van der Waals surface area contributed by atoms with E-state index in [2.05, 4.69) is 4.72 Å². The van der Waals surface area contributed by atoms with Crippen LogP contribution in [0.25, 0.3) is 0 Å². The standard InChI is InChI=1S/C15H23NO3S/c1-11(13(17)18)15(5,12-9-7-6-8-10-12)16-20(19)14(2,3)4/h6-11,16H,1-5H3,(H,17,18). The van der Waals surface area contributed by atoms with Crippen LogP contribution in [0.4, 0.5) is 0 Å². The van der Waals surface area contributed by atoms with E-state index >= 15 is 0 Å². The summed E-state index contributed by atoms with van der Waals surface area (Å²) in [6.45, 7) is 8.97. The van der Waals surface area contributed by atoms with Crippen molar-refractivity contribution < 1.29 is 14.1 Å². The van der Waals surface area contributed by atoms with E-state index in [0.29, 0.717) is 0 Å². The van der Waals surface area contributed by atoms with E-state index in [1.807, 2.05) is 51.1 Å². The second-order valence-electron chi connectivity index (χ2n) is 6.11. The fraction of sp³-hybridized carbons (Fsp3) is 0.533. The van der Waals surface area contributed by atoms with Crippen LogP contribution >= 0.6 is 0 Å². The lowest BCUT2D eigenvalue weighted by molar-refractivity contribution is -0.143. The van der Waals surface area contributed by atoms with E-state index in [1.54, 1.807) is 13.8 Å². The van der Waals surface area contributed by atoms with Gasteiger partial charge in [-0.15, -0.1) is 0 Å². The second-order valence-corrected chi connectivity index (χ2v) is 8.08. The highest BCUT2D eigenvalue weighted by atomic mass is 32.2. The molecule has 0 spiro atoms. The summed E-state index contributed by atoms with van der Waals surface area (Å²) in [5, 5.41) is 9.36. The second kappa shape index (κ2) is 6.06. The van der Waals surface area contributed by atoms with Crippen LogP contribution in [0.3, 0.4) is 0 Å². The molecule has 0 saturated carbocycles. The van der Waals surface area contributed by atoms with Crippen LogP contribution in [-0.2, 0) is 21.3 Å². The molecule has 0 aliphatic rings. The zero-order valence-electron chi connectivity index (χ0n) is 12.6. The van der Waals surface area contributed by atoms with Gasteiger partial charge in [-0.2, -0.15) is 0 Å². The normalized spacial score (nSPS) is 18.1. The molecule has 1 rings (SSSR count). The minimum absolute atomic E-state index is 0.464. The molecule has 0 aromatic heterocycles. The number of aliphatic carboxylic acids is 1. The Balaban J connectivity index is 3.22. The van der Waals surface area contributed by atoms with Crippen molar-refractivity contribution in [2.24, 2.45) is 5.92 Å². The third kappa shape index (κ3) is 3.67. The van der Waals surface area contributed by atoms with E-state index in [0.717, 1.165) is 5.56 Å². The lowest BCUT2D eigenvalue weighted by atomic mass is 9.81. The van der Waals surface area contributed by atoms with E-state index in [9.17, 15) is 14.1 Å². The number of carboxylic acids is 1. The first kappa shape index (κ1) is 16.9. The average molecular weight is 297 g/mol. The van der Waals surface area contributed by atoms with Gasteiger partial charge in [0, 0.05) is 0 Å². The molecule has 0 aliphatic carbocycles. The van der Waals surface area contributed by atoms with Crippen molar-refractivity contribution in [1.82, 2.24) is 4.72 Å². The maximum atomic E-state index is 12.4. The zero-order valence-corrected chi connectivity index (χ0v) is 13.5. The molecule has 1 aromatic rings. The highest BCUT2D eigenvalue weighted by molar-refractivity contribution is 7.84. The molecule has 4 nitrogen and oxygen atoms in total. The van der Waals surface area contributed by atoms with Gasteiger partial charge in [-0.3, -0.25) is 4.79 Å². The fourth-order valence-corrected chi connectivity index (χ4v) is 2.76. The van der Waals surface area contributed by atoms with E-state index in [1.165, 1.54) is 0 Å². The highest BCUT2D eigenvalue weighted by Crippen LogP contribution is 2.31. The first-order chi connectivity index (χ1) is 9.09. The summed E-state index contributed by atoms with van der Waals surface area (Å²) < 4.78 is 14.9. The van der Waals surface area contributed by atoms with Crippen molar-refractivity contribution in [1.29, 1.82) is 0 Å². The van der Waals surface area contributed by atoms with Gasteiger partial charge in [0.2, 0.25) is 0 Å². The minimum atomic E-state index is -1.36. The fourth-order valence-electron chi connectivity index (χ4n) is 1.77. The molecule has 0 fully saturated rings. The molecule has 0 bridgehead atoms. The van der Waals surface area contributed by atoms with Crippen molar-refractivity contribution in [2.45, 2.75) is 44.9 Å². The van der Waals surface area contributed by atoms with Gasteiger partial charge in [0.1, 0.15) is 0 Å². The Labute approximate surface area is 123 Å². The number of carbonyl (C=O) groups is 1. The molecule has 0 radical (unpaired) electrons. The molecule has 2 N–H and O–H groups in total. The molecular formula is C15H23NO3S. The molecule has 0 saturated heterocycles. The molecule has 0 heterocycles. The Hall–Kier alpha value is -1.20. The predicted octanol–water partition coefficient (Wildman–Crippen LogP) is 2.67. The maximum Gasteiger partial charge on any atom is 0.308 e. The highest BCUT2D eigenvalue weighted by Gasteiger charge is 2.40. The van der Waals surface area contributed by atoms with Crippen molar-refractivity contribution in [3.05, 3.63) is 35.9 Å². The summed E-state index contributed by atoms with van der Waals surface area (Å²) in [6, 6.07) is 9.28. The van der Waals surface area contributed by atoms with Crippen LogP contribution in [0.2, 0.25) is 0 Å². The monoisotopic (exact) mass is 297 g/mol. The van der Waals surface area contributed by atoms with Crippen molar-refractivity contribution in [3.8, 4) is 0 Å². The van der Waals surface area contributed by atoms with E-state index in [-0.39, 0.29) is 0 Å². The van der Waals surface area contributed by atoms with Gasteiger partial charge < -0.3 is 5.11 Å². The van der Waals surface area contributed by atoms with Gasteiger partial charge in [-0.25, -0.2) is 8.93 Å². The molecule has 0 aliphatic heterocycles. The lowest BCUT2D eigenvalue weighted by Gasteiger charge is -2.36. The molecule has 0 amide bonds. The SMILES string of the molecule is CC(C(=O)O)C(C)(NS(=O)C(C)(C)C)c1ccccc1. The van der Waals surface area contributed by atoms with Gasteiger partial charge in [0.25, 0.3) is 0 Å². The van der Waals surface area contributed by atoms with E-state index in [4.69, 9.17) is 0 Å². The molecular weight excluding hydrogens is 274 g/mol. The number of carboxylic acid groups (broad SMARTS) is 1. The average Bonchev–Trinajstić information content (AvgIpc) is 2.37. The molecule has 20 heavy (non-hydrogen) atoms. The van der Waals surface area contributed by atoms with Crippen LogP contribution in [0, 0.1) is 5.92 Å². The number of benzene rings is 1. The van der Waals surface area contributed by atoms with Crippen LogP contribution < -0.4 is 4.72 Å². The van der Waals surface area contributed by atoms with Crippen LogP contribution in [0.1, 0.15) is 40.2 Å². The summed E-state index contributed by atoms with van der Waals surface area (Å²) in [7, 11) is -1.36. The third-order valence-corrected chi connectivity index (χ3v) is 5.19. The first-order valence-electron chi connectivity index (χ1n) is 6.57. The summed E-state index contributed by atoms with van der Waals surface area (Å²) in [4.78, 5) is 11.4. The van der Waals surface area contributed by atoms with Gasteiger partial charge in [0.15, 0.2) is 0 Å².